The molecule has 3 rings (SSSR count). The molecule has 128 valence electrons. The minimum Gasteiger partial charge on any atom is -0.323 e. The molecule has 6 nitrogen and oxygen atoms in total. The zero-order valence-corrected chi connectivity index (χ0v) is 13.7. The molecule has 0 saturated carbocycles. The molecule has 1 heterocycles. The predicted octanol–water partition coefficient (Wildman–Crippen LogP) is 2.87. The number of nitrogens with zero attached hydrogens (tertiary/aromatic N) is 3. The fourth-order valence-electron chi connectivity index (χ4n) is 2.55. The summed E-state index contributed by atoms with van der Waals surface area (Å²) in [7, 11) is 0. The van der Waals surface area contributed by atoms with Gasteiger partial charge in [0.2, 0.25) is 5.91 Å². The Morgan fingerprint density at radius 1 is 1.16 bits per heavy atom. The molecule has 0 aliphatic rings. The Morgan fingerprint density at radius 2 is 1.88 bits per heavy atom. The lowest BCUT2D eigenvalue weighted by Gasteiger charge is -2.14. The van der Waals surface area contributed by atoms with Gasteiger partial charge in [0.1, 0.15) is 11.7 Å². The normalized spacial score (nSPS) is 11.9. The average molecular weight is 339 g/mol. The molecule has 0 bridgehead atoms. The molecular weight excluding hydrogens is 321 g/mol. The molecule has 0 aliphatic carbocycles. The fourth-order valence-corrected chi connectivity index (χ4v) is 2.55. The van der Waals surface area contributed by atoms with Crippen molar-refractivity contribution in [1.29, 1.82) is 0 Å². The van der Waals surface area contributed by atoms with Crippen LogP contribution in [0.4, 0.5) is 10.1 Å². The van der Waals surface area contributed by atoms with Crippen LogP contribution in [-0.4, -0.2) is 26.5 Å². The van der Waals surface area contributed by atoms with Gasteiger partial charge in [0.15, 0.2) is 5.82 Å². The van der Waals surface area contributed by atoms with Crippen LogP contribution >= 0.6 is 0 Å². The van der Waals surface area contributed by atoms with Crippen LogP contribution in [0.1, 0.15) is 29.8 Å². The number of benzene rings is 2. The fraction of sp³-hybridized carbons (Fsp3) is 0.222. The first-order valence-electron chi connectivity index (χ1n) is 8.04. The van der Waals surface area contributed by atoms with Crippen LogP contribution in [0, 0.1) is 5.82 Å². The minimum atomic E-state index is -0.675. The van der Waals surface area contributed by atoms with Crippen LogP contribution in [0.2, 0.25) is 0 Å². The summed E-state index contributed by atoms with van der Waals surface area (Å²) in [6, 6.07) is 14.0. The number of aromatic nitrogens is 4. The smallest absolute Gasteiger partial charge is 0.235 e. The molecule has 25 heavy (non-hydrogen) atoms. The molecular formula is C18H18FN5O. The number of carbonyl (C=O) groups excluding carboxylic acids is 1. The summed E-state index contributed by atoms with van der Waals surface area (Å²) >= 11 is 0. The van der Waals surface area contributed by atoms with E-state index in [4.69, 9.17) is 0 Å². The highest BCUT2D eigenvalue weighted by molar-refractivity contribution is 5.95. The molecule has 0 aliphatic heterocycles. The average Bonchev–Trinajstić information content (AvgIpc) is 3.16. The Hall–Kier alpha value is -3.09. The molecule has 2 aromatic carbocycles. The third kappa shape index (κ3) is 4.06. The number of rotatable bonds is 6. The van der Waals surface area contributed by atoms with Crippen molar-refractivity contribution in [1.82, 2.24) is 20.6 Å². The second-order valence-electron chi connectivity index (χ2n) is 5.67. The first kappa shape index (κ1) is 16.8. The summed E-state index contributed by atoms with van der Waals surface area (Å²) in [6.45, 7) is 2.08. The molecule has 0 saturated heterocycles. The summed E-state index contributed by atoms with van der Waals surface area (Å²) in [4.78, 5) is 12.7. The van der Waals surface area contributed by atoms with Crippen molar-refractivity contribution >= 4 is 11.6 Å². The van der Waals surface area contributed by atoms with E-state index in [1.165, 1.54) is 17.7 Å². The molecule has 3 aromatic rings. The SMILES string of the molecule is CCc1ccc(CC(C(=O)Nc2ccccc2F)c2nn[nH]n2)cc1. The van der Waals surface area contributed by atoms with Crippen molar-refractivity contribution < 1.29 is 9.18 Å². The van der Waals surface area contributed by atoms with Crippen LogP contribution in [0.25, 0.3) is 0 Å². The lowest BCUT2D eigenvalue weighted by Crippen LogP contribution is -2.24. The van der Waals surface area contributed by atoms with Crippen LogP contribution < -0.4 is 5.32 Å². The van der Waals surface area contributed by atoms with Gasteiger partial charge in [0.05, 0.1) is 5.69 Å². The Balaban J connectivity index is 1.82. The number of nitrogens with one attached hydrogen (secondary N) is 2. The second-order valence-corrected chi connectivity index (χ2v) is 5.67. The Bertz CT molecular complexity index is 833. The largest absolute Gasteiger partial charge is 0.323 e. The van der Waals surface area contributed by atoms with Gasteiger partial charge in [-0.3, -0.25) is 4.79 Å². The Kier molecular flexibility index (Phi) is 5.13. The number of hydrogen-bond acceptors (Lipinski definition) is 4. The quantitative estimate of drug-likeness (QED) is 0.723. The molecule has 2 N–H and O–H groups in total. The minimum absolute atomic E-state index is 0.127. The zero-order chi connectivity index (χ0) is 17.6. The number of H-pyrrole nitrogens is 1. The summed E-state index contributed by atoms with van der Waals surface area (Å²) < 4.78 is 13.8. The Morgan fingerprint density at radius 3 is 2.52 bits per heavy atom. The van der Waals surface area contributed by atoms with Gasteiger partial charge in [-0.2, -0.15) is 5.21 Å². The number of halogens is 1. The van der Waals surface area contributed by atoms with Crippen molar-refractivity contribution in [3.63, 3.8) is 0 Å². The standard InChI is InChI=1S/C18H18FN5O/c1-2-12-7-9-13(10-8-12)11-14(17-21-23-24-22-17)18(25)20-16-6-4-3-5-15(16)19/h3-10,14H,2,11H2,1H3,(H,20,25)(H,21,22,23,24). The number of aryl methyl sites for hydroxylation is 1. The van der Waals surface area contributed by atoms with E-state index in [0.29, 0.717) is 6.42 Å². The van der Waals surface area contributed by atoms with Crippen molar-refractivity contribution in [3.05, 3.63) is 71.3 Å². The lowest BCUT2D eigenvalue weighted by atomic mass is 9.96. The van der Waals surface area contributed by atoms with Crippen molar-refractivity contribution in [3.8, 4) is 0 Å². The molecule has 1 unspecified atom stereocenters. The van der Waals surface area contributed by atoms with Crippen molar-refractivity contribution in [2.24, 2.45) is 0 Å². The van der Waals surface area contributed by atoms with E-state index in [1.54, 1.807) is 12.1 Å². The molecule has 0 spiro atoms. The van der Waals surface area contributed by atoms with E-state index in [2.05, 4.69) is 32.9 Å². The van der Waals surface area contributed by atoms with E-state index >= 15 is 0 Å². The number of amides is 1. The number of aromatic amines is 1. The second kappa shape index (κ2) is 7.65. The number of hydrogen-bond donors (Lipinski definition) is 2. The van der Waals surface area contributed by atoms with Crippen LogP contribution in [0.15, 0.2) is 48.5 Å². The van der Waals surface area contributed by atoms with E-state index in [-0.39, 0.29) is 17.4 Å². The van der Waals surface area contributed by atoms with E-state index in [1.807, 2.05) is 24.3 Å². The van der Waals surface area contributed by atoms with Gasteiger partial charge in [0.25, 0.3) is 0 Å². The lowest BCUT2D eigenvalue weighted by molar-refractivity contribution is -0.117. The van der Waals surface area contributed by atoms with Gasteiger partial charge in [-0.1, -0.05) is 48.5 Å². The Labute approximate surface area is 144 Å². The summed E-state index contributed by atoms with van der Waals surface area (Å²) in [5.74, 6) is -1.28. The van der Waals surface area contributed by atoms with E-state index in [0.717, 1.165) is 12.0 Å². The predicted molar refractivity (Wildman–Crippen MR) is 91.5 cm³/mol. The van der Waals surface area contributed by atoms with Gasteiger partial charge in [-0.15, -0.1) is 10.2 Å². The van der Waals surface area contributed by atoms with Crippen LogP contribution in [0.3, 0.4) is 0 Å². The molecule has 0 fully saturated rings. The summed E-state index contributed by atoms with van der Waals surface area (Å²) in [5.41, 5.74) is 2.31. The molecule has 1 aromatic heterocycles. The maximum Gasteiger partial charge on any atom is 0.235 e. The molecule has 1 amide bonds. The van der Waals surface area contributed by atoms with Crippen LogP contribution in [0.5, 0.6) is 0 Å². The van der Waals surface area contributed by atoms with Gasteiger partial charge in [-0.05, 0) is 36.1 Å². The summed E-state index contributed by atoms with van der Waals surface area (Å²) in [5, 5.41) is 16.4. The van der Waals surface area contributed by atoms with Crippen LogP contribution in [-0.2, 0) is 17.6 Å². The molecule has 7 heteroatoms. The number of para-hydroxylation sites is 1. The zero-order valence-electron chi connectivity index (χ0n) is 13.7. The van der Waals surface area contributed by atoms with Crippen molar-refractivity contribution in [2.75, 3.05) is 5.32 Å². The number of anilines is 1. The highest BCUT2D eigenvalue weighted by Crippen LogP contribution is 2.21. The monoisotopic (exact) mass is 339 g/mol. The molecule has 0 radical (unpaired) electrons. The number of carbonyl (C=O) groups is 1. The molecule has 1 atom stereocenters. The number of tetrazole rings is 1. The highest BCUT2D eigenvalue weighted by Gasteiger charge is 2.26. The van der Waals surface area contributed by atoms with Gasteiger partial charge >= 0.3 is 0 Å². The van der Waals surface area contributed by atoms with E-state index in [9.17, 15) is 9.18 Å². The topological polar surface area (TPSA) is 83.6 Å². The van der Waals surface area contributed by atoms with Crippen molar-refractivity contribution in [2.45, 2.75) is 25.7 Å². The third-order valence-electron chi connectivity index (χ3n) is 3.99. The first-order valence-corrected chi connectivity index (χ1v) is 8.04. The van der Waals surface area contributed by atoms with Gasteiger partial charge in [-0.25, -0.2) is 4.39 Å². The van der Waals surface area contributed by atoms with Gasteiger partial charge < -0.3 is 5.32 Å². The maximum absolute atomic E-state index is 13.8. The third-order valence-corrected chi connectivity index (χ3v) is 3.99. The highest BCUT2D eigenvalue weighted by atomic mass is 19.1. The maximum atomic E-state index is 13.8. The summed E-state index contributed by atoms with van der Waals surface area (Å²) in [6.07, 6.45) is 1.34. The van der Waals surface area contributed by atoms with Gasteiger partial charge in [0, 0.05) is 0 Å². The van der Waals surface area contributed by atoms with E-state index < -0.39 is 11.7 Å². The first-order chi connectivity index (χ1) is 12.2.